The molecule has 0 spiro atoms. The van der Waals surface area contributed by atoms with E-state index in [1.165, 1.54) is 38.0 Å². The molecule has 1 aromatic rings. The van der Waals surface area contributed by atoms with Crippen LogP contribution in [0.25, 0.3) is 0 Å². The summed E-state index contributed by atoms with van der Waals surface area (Å²) in [5.74, 6) is 0.840. The Bertz CT molecular complexity index is 388. The third kappa shape index (κ3) is 2.38. The lowest BCUT2D eigenvalue weighted by molar-refractivity contribution is 0.217. The van der Waals surface area contributed by atoms with E-state index in [4.69, 9.17) is 0 Å². The first kappa shape index (κ1) is 11.2. The average molecular weight is 230 g/mol. The predicted molar refractivity (Wildman–Crippen MR) is 71.0 cm³/mol. The molecule has 0 aromatic heterocycles. The lowest BCUT2D eigenvalue weighted by Gasteiger charge is -2.32. The summed E-state index contributed by atoms with van der Waals surface area (Å²) < 4.78 is 0. The number of fused-ring (bicyclic) bond motifs is 1. The van der Waals surface area contributed by atoms with E-state index in [0.717, 1.165) is 12.5 Å². The summed E-state index contributed by atoms with van der Waals surface area (Å²) >= 11 is 0. The summed E-state index contributed by atoms with van der Waals surface area (Å²) in [5.41, 5.74) is 3.08. The fourth-order valence-electron chi connectivity index (χ4n) is 3.13. The van der Waals surface area contributed by atoms with Crippen molar-refractivity contribution in [3.8, 4) is 0 Å². The molecule has 17 heavy (non-hydrogen) atoms. The molecule has 2 nitrogen and oxygen atoms in total. The standard InChI is InChI=1S/C15H22N2/c1-12-6-8-16-15(12)11-17-9-7-13-4-2-3-5-14(13)10-17/h2-5,12,15-16H,6-11H2,1H3. The van der Waals surface area contributed by atoms with Crippen molar-refractivity contribution in [2.24, 2.45) is 5.92 Å². The van der Waals surface area contributed by atoms with E-state index in [9.17, 15) is 0 Å². The Balaban J connectivity index is 1.64. The summed E-state index contributed by atoms with van der Waals surface area (Å²) in [4.78, 5) is 2.61. The first-order valence-electron chi connectivity index (χ1n) is 6.85. The van der Waals surface area contributed by atoms with Gasteiger partial charge in [0, 0.05) is 25.7 Å². The molecule has 1 aromatic carbocycles. The van der Waals surface area contributed by atoms with Gasteiger partial charge in [0.2, 0.25) is 0 Å². The number of nitrogens with one attached hydrogen (secondary N) is 1. The molecule has 2 unspecified atom stereocenters. The van der Waals surface area contributed by atoms with Gasteiger partial charge in [0.15, 0.2) is 0 Å². The van der Waals surface area contributed by atoms with Crippen LogP contribution in [0.3, 0.4) is 0 Å². The molecule has 2 heteroatoms. The zero-order valence-corrected chi connectivity index (χ0v) is 10.7. The molecule has 1 saturated heterocycles. The fourth-order valence-corrected chi connectivity index (χ4v) is 3.13. The Morgan fingerprint density at radius 2 is 2.12 bits per heavy atom. The van der Waals surface area contributed by atoms with Crippen LogP contribution >= 0.6 is 0 Å². The van der Waals surface area contributed by atoms with Gasteiger partial charge in [0.05, 0.1) is 0 Å². The molecular weight excluding hydrogens is 208 g/mol. The second kappa shape index (κ2) is 4.79. The van der Waals surface area contributed by atoms with Gasteiger partial charge in [-0.3, -0.25) is 4.90 Å². The van der Waals surface area contributed by atoms with E-state index >= 15 is 0 Å². The van der Waals surface area contributed by atoms with Crippen LogP contribution in [-0.4, -0.2) is 30.6 Å². The van der Waals surface area contributed by atoms with E-state index in [1.54, 1.807) is 5.56 Å². The highest BCUT2D eigenvalue weighted by Gasteiger charge is 2.26. The Labute approximate surface area is 104 Å². The zero-order chi connectivity index (χ0) is 11.7. The molecule has 2 aliphatic heterocycles. The summed E-state index contributed by atoms with van der Waals surface area (Å²) in [7, 11) is 0. The van der Waals surface area contributed by atoms with Gasteiger partial charge in [-0.15, -0.1) is 0 Å². The maximum atomic E-state index is 3.64. The highest BCUT2D eigenvalue weighted by molar-refractivity contribution is 5.29. The van der Waals surface area contributed by atoms with E-state index in [2.05, 4.69) is 41.4 Å². The molecule has 2 atom stereocenters. The van der Waals surface area contributed by atoms with Crippen molar-refractivity contribution >= 4 is 0 Å². The summed E-state index contributed by atoms with van der Waals surface area (Å²) in [6.07, 6.45) is 2.56. The van der Waals surface area contributed by atoms with E-state index in [1.807, 2.05) is 0 Å². The van der Waals surface area contributed by atoms with E-state index < -0.39 is 0 Å². The zero-order valence-electron chi connectivity index (χ0n) is 10.7. The molecule has 2 aliphatic rings. The summed E-state index contributed by atoms with van der Waals surface area (Å²) in [6, 6.07) is 9.60. The predicted octanol–water partition coefficient (Wildman–Crippen LogP) is 2.04. The lowest BCUT2D eigenvalue weighted by atomic mass is 9.98. The molecule has 0 amide bonds. The largest absolute Gasteiger partial charge is 0.312 e. The topological polar surface area (TPSA) is 15.3 Å². The summed E-state index contributed by atoms with van der Waals surface area (Å²) in [6.45, 7) is 7.16. The first-order valence-corrected chi connectivity index (χ1v) is 6.85. The minimum absolute atomic E-state index is 0.709. The second-order valence-corrected chi connectivity index (χ2v) is 5.58. The number of hydrogen-bond donors (Lipinski definition) is 1. The van der Waals surface area contributed by atoms with Crippen molar-refractivity contribution in [3.63, 3.8) is 0 Å². The summed E-state index contributed by atoms with van der Waals surface area (Å²) in [5, 5.41) is 3.64. The van der Waals surface area contributed by atoms with Crippen molar-refractivity contribution in [3.05, 3.63) is 35.4 Å². The minimum atomic E-state index is 0.709. The molecule has 1 N–H and O–H groups in total. The normalized spacial score (nSPS) is 29.2. The first-order chi connectivity index (χ1) is 8.33. The molecule has 2 heterocycles. The Morgan fingerprint density at radius 3 is 2.88 bits per heavy atom. The molecule has 1 fully saturated rings. The van der Waals surface area contributed by atoms with Gasteiger partial charge >= 0.3 is 0 Å². The number of nitrogens with zero attached hydrogens (tertiary/aromatic N) is 1. The number of rotatable bonds is 2. The Morgan fingerprint density at radius 1 is 1.29 bits per heavy atom. The molecular formula is C15H22N2. The van der Waals surface area contributed by atoms with Crippen LogP contribution in [-0.2, 0) is 13.0 Å². The van der Waals surface area contributed by atoms with Gasteiger partial charge < -0.3 is 5.32 Å². The van der Waals surface area contributed by atoms with Gasteiger partial charge in [0.25, 0.3) is 0 Å². The van der Waals surface area contributed by atoms with Crippen molar-refractivity contribution < 1.29 is 0 Å². The monoisotopic (exact) mass is 230 g/mol. The van der Waals surface area contributed by atoms with Crippen LogP contribution in [0.2, 0.25) is 0 Å². The smallest absolute Gasteiger partial charge is 0.0237 e. The molecule has 0 saturated carbocycles. The minimum Gasteiger partial charge on any atom is -0.312 e. The molecule has 0 bridgehead atoms. The number of benzene rings is 1. The fraction of sp³-hybridized carbons (Fsp3) is 0.600. The Kier molecular flexibility index (Phi) is 3.17. The molecule has 3 rings (SSSR count). The van der Waals surface area contributed by atoms with Crippen LogP contribution in [0.5, 0.6) is 0 Å². The van der Waals surface area contributed by atoms with Crippen LogP contribution in [0, 0.1) is 5.92 Å². The SMILES string of the molecule is CC1CCNC1CN1CCc2ccccc2C1. The van der Waals surface area contributed by atoms with Gasteiger partial charge in [-0.1, -0.05) is 31.2 Å². The van der Waals surface area contributed by atoms with E-state index in [-0.39, 0.29) is 0 Å². The van der Waals surface area contributed by atoms with Crippen molar-refractivity contribution in [2.45, 2.75) is 32.4 Å². The molecule has 92 valence electrons. The van der Waals surface area contributed by atoms with Crippen molar-refractivity contribution in [1.29, 1.82) is 0 Å². The van der Waals surface area contributed by atoms with Gasteiger partial charge in [-0.2, -0.15) is 0 Å². The quantitative estimate of drug-likeness (QED) is 0.836. The van der Waals surface area contributed by atoms with Crippen LogP contribution in [0.4, 0.5) is 0 Å². The van der Waals surface area contributed by atoms with Crippen LogP contribution in [0.1, 0.15) is 24.5 Å². The van der Waals surface area contributed by atoms with Gasteiger partial charge in [-0.25, -0.2) is 0 Å². The van der Waals surface area contributed by atoms with E-state index in [0.29, 0.717) is 6.04 Å². The number of hydrogen-bond acceptors (Lipinski definition) is 2. The van der Waals surface area contributed by atoms with Crippen molar-refractivity contribution in [2.75, 3.05) is 19.6 Å². The average Bonchev–Trinajstić information content (AvgIpc) is 2.75. The van der Waals surface area contributed by atoms with Crippen molar-refractivity contribution in [1.82, 2.24) is 10.2 Å². The van der Waals surface area contributed by atoms with Gasteiger partial charge in [0.1, 0.15) is 0 Å². The third-order valence-electron chi connectivity index (χ3n) is 4.36. The highest BCUT2D eigenvalue weighted by atomic mass is 15.2. The molecule has 0 aliphatic carbocycles. The third-order valence-corrected chi connectivity index (χ3v) is 4.36. The van der Waals surface area contributed by atoms with Crippen LogP contribution < -0.4 is 5.32 Å². The lowest BCUT2D eigenvalue weighted by Crippen LogP contribution is -2.42. The van der Waals surface area contributed by atoms with Crippen LogP contribution in [0.15, 0.2) is 24.3 Å². The maximum Gasteiger partial charge on any atom is 0.0237 e. The maximum absolute atomic E-state index is 3.64. The highest BCUT2D eigenvalue weighted by Crippen LogP contribution is 2.21. The molecule has 0 radical (unpaired) electrons. The second-order valence-electron chi connectivity index (χ2n) is 5.58. The Hall–Kier alpha value is -0.860. The van der Waals surface area contributed by atoms with Gasteiger partial charge in [-0.05, 0) is 36.4 Å².